The molecule has 0 bridgehead atoms. The molecule has 4 aromatic heterocycles. The highest BCUT2D eigenvalue weighted by molar-refractivity contribution is 5.63. The van der Waals surface area contributed by atoms with Gasteiger partial charge in [-0.3, -0.25) is 0 Å². The van der Waals surface area contributed by atoms with Crippen LogP contribution in [0, 0.1) is 20.8 Å². The predicted octanol–water partition coefficient (Wildman–Crippen LogP) is 6.77. The Labute approximate surface area is 310 Å². The lowest BCUT2D eigenvalue weighted by molar-refractivity contribution is 0.0732. The Bertz CT molecular complexity index is 2180. The van der Waals surface area contributed by atoms with Gasteiger partial charge in [-0.25, -0.2) is 29.9 Å². The quantitative estimate of drug-likeness (QED) is 0.111. The largest absolute Gasteiger partial charge is 0.494 e. The molecule has 4 N–H and O–H groups in total. The number of ether oxygens (including phenoxy) is 2. The van der Waals surface area contributed by atoms with Crippen LogP contribution in [-0.4, -0.2) is 63.5 Å². The highest BCUT2D eigenvalue weighted by atomic mass is 16.5. The Balaban J connectivity index is 0.000000204. The molecular weight excluding hydrogens is 672 g/mol. The summed E-state index contributed by atoms with van der Waals surface area (Å²) in [5.74, 6) is 2.27. The van der Waals surface area contributed by atoms with Gasteiger partial charge in [-0.2, -0.15) is 0 Å². The minimum absolute atomic E-state index is 0.426. The topological polar surface area (TPSA) is 170 Å². The number of hydrogen-bond acceptors (Lipinski definition) is 12. The lowest BCUT2D eigenvalue weighted by Crippen LogP contribution is -2.19. The molecule has 0 aliphatic heterocycles. The molecule has 6 aromatic rings. The average Bonchev–Trinajstić information content (AvgIpc) is 3.75. The van der Waals surface area contributed by atoms with Crippen molar-refractivity contribution in [3.8, 4) is 22.9 Å². The third kappa shape index (κ3) is 9.73. The fourth-order valence-electron chi connectivity index (χ4n) is 5.29. The molecule has 6 rings (SSSR count). The molecule has 0 amide bonds. The second kappa shape index (κ2) is 15.8. The summed E-state index contributed by atoms with van der Waals surface area (Å²) in [7, 11) is 3.26. The van der Waals surface area contributed by atoms with Crippen LogP contribution in [0.2, 0.25) is 0 Å². The summed E-state index contributed by atoms with van der Waals surface area (Å²) in [4.78, 5) is 26.3. The highest BCUT2D eigenvalue weighted by Gasteiger charge is 2.21. The normalized spacial score (nSPS) is 11.5. The molecule has 0 fully saturated rings. The van der Waals surface area contributed by atoms with Crippen molar-refractivity contribution in [2.45, 2.75) is 73.0 Å². The maximum atomic E-state index is 10.3. The van der Waals surface area contributed by atoms with Crippen LogP contribution in [0.3, 0.4) is 0 Å². The molecule has 0 unspecified atom stereocenters. The first kappa shape index (κ1) is 38.4. The molecule has 0 spiro atoms. The molecule has 278 valence electrons. The second-order valence-corrected chi connectivity index (χ2v) is 13.6. The van der Waals surface area contributed by atoms with Crippen molar-refractivity contribution in [2.75, 3.05) is 24.9 Å². The molecule has 0 atom stereocenters. The van der Waals surface area contributed by atoms with E-state index in [1.54, 1.807) is 60.6 Å². The predicted molar refractivity (Wildman–Crippen MR) is 205 cm³/mol. The van der Waals surface area contributed by atoms with E-state index in [0.29, 0.717) is 34.8 Å². The minimum Gasteiger partial charge on any atom is -0.494 e. The summed E-state index contributed by atoms with van der Waals surface area (Å²) < 4.78 is 14.9. The Kier molecular flexibility index (Phi) is 11.4. The van der Waals surface area contributed by atoms with Crippen LogP contribution in [0.15, 0.2) is 73.6 Å². The number of hydrogen-bond donors (Lipinski definition) is 4. The number of benzene rings is 2. The second-order valence-electron chi connectivity index (χ2n) is 13.6. The fourth-order valence-corrected chi connectivity index (χ4v) is 5.29. The smallest absolute Gasteiger partial charge is 0.227 e. The number of imidazole rings is 2. The summed E-state index contributed by atoms with van der Waals surface area (Å²) in [6.07, 6.45) is 8.13. The van der Waals surface area contributed by atoms with E-state index in [1.165, 1.54) is 0 Å². The van der Waals surface area contributed by atoms with Gasteiger partial charge in [0.2, 0.25) is 11.9 Å². The molecular formula is C39H48N10O4. The van der Waals surface area contributed by atoms with Gasteiger partial charge in [-0.15, -0.1) is 0 Å². The molecule has 2 aromatic carbocycles. The summed E-state index contributed by atoms with van der Waals surface area (Å²) in [6.45, 7) is 14.6. The van der Waals surface area contributed by atoms with E-state index in [2.05, 4.69) is 40.5 Å². The zero-order valence-corrected chi connectivity index (χ0v) is 31.9. The third-order valence-corrected chi connectivity index (χ3v) is 8.10. The van der Waals surface area contributed by atoms with E-state index in [-0.39, 0.29) is 0 Å². The van der Waals surface area contributed by atoms with Gasteiger partial charge >= 0.3 is 0 Å². The van der Waals surface area contributed by atoms with Crippen LogP contribution in [0.4, 0.5) is 23.3 Å². The highest BCUT2D eigenvalue weighted by Crippen LogP contribution is 2.30. The molecule has 0 radical (unpaired) electrons. The third-order valence-electron chi connectivity index (χ3n) is 8.10. The van der Waals surface area contributed by atoms with E-state index in [1.807, 2.05) is 91.7 Å². The summed E-state index contributed by atoms with van der Waals surface area (Å²) in [6, 6.07) is 15.1. The molecule has 0 aliphatic rings. The van der Waals surface area contributed by atoms with E-state index in [0.717, 1.165) is 51.9 Å². The van der Waals surface area contributed by atoms with Gasteiger partial charge in [-0.1, -0.05) is 6.92 Å². The van der Waals surface area contributed by atoms with Crippen LogP contribution >= 0.6 is 0 Å². The van der Waals surface area contributed by atoms with Crippen LogP contribution in [0.5, 0.6) is 11.5 Å². The summed E-state index contributed by atoms with van der Waals surface area (Å²) in [5.41, 5.74) is 5.93. The van der Waals surface area contributed by atoms with Gasteiger partial charge in [0.15, 0.2) is 0 Å². The van der Waals surface area contributed by atoms with Gasteiger partial charge < -0.3 is 39.5 Å². The number of methoxy groups -OCH3 is 2. The van der Waals surface area contributed by atoms with Crippen molar-refractivity contribution < 1.29 is 19.7 Å². The van der Waals surface area contributed by atoms with Crippen molar-refractivity contribution >= 4 is 23.3 Å². The van der Waals surface area contributed by atoms with Crippen LogP contribution in [0.25, 0.3) is 11.4 Å². The zero-order chi connectivity index (χ0) is 38.5. The number of aliphatic hydroxyl groups is 2. The van der Waals surface area contributed by atoms with E-state index < -0.39 is 11.2 Å². The SMILES string of the molecule is CCc1cc(C(C)(C)O)nc(Nc2ccc(-n3cnc(C)c3)c(OC)c2)n1.COc1cc(Nc2nc(C)cc(C(C)(C)O)n2)ccc1-n1cnc(C)c1. The molecule has 0 saturated carbocycles. The number of anilines is 4. The van der Waals surface area contributed by atoms with Gasteiger partial charge in [0.25, 0.3) is 0 Å². The lowest BCUT2D eigenvalue weighted by Gasteiger charge is -2.18. The number of aryl methyl sites for hydroxylation is 4. The van der Waals surface area contributed by atoms with Crippen LogP contribution in [0.1, 0.15) is 68.8 Å². The first-order chi connectivity index (χ1) is 25.1. The van der Waals surface area contributed by atoms with Crippen LogP contribution in [-0.2, 0) is 17.6 Å². The maximum Gasteiger partial charge on any atom is 0.227 e. The fraction of sp³-hybridized carbons (Fsp3) is 0.333. The monoisotopic (exact) mass is 720 g/mol. The van der Waals surface area contributed by atoms with Crippen molar-refractivity contribution in [1.82, 2.24) is 39.0 Å². The summed E-state index contributed by atoms with van der Waals surface area (Å²) in [5, 5.41) is 26.9. The number of aromatic nitrogens is 8. The van der Waals surface area contributed by atoms with Gasteiger partial charge in [0.05, 0.1) is 61.0 Å². The van der Waals surface area contributed by atoms with Gasteiger partial charge in [0.1, 0.15) is 22.7 Å². The molecule has 0 aliphatic carbocycles. The van der Waals surface area contributed by atoms with Gasteiger partial charge in [0, 0.05) is 47.3 Å². The molecule has 4 heterocycles. The Hall–Kier alpha value is -5.86. The Morgan fingerprint density at radius 2 is 1.08 bits per heavy atom. The molecule has 53 heavy (non-hydrogen) atoms. The average molecular weight is 721 g/mol. The Morgan fingerprint density at radius 3 is 1.47 bits per heavy atom. The van der Waals surface area contributed by atoms with E-state index in [4.69, 9.17) is 9.47 Å². The van der Waals surface area contributed by atoms with Crippen molar-refractivity contribution in [3.05, 3.63) is 108 Å². The molecule has 14 nitrogen and oxygen atoms in total. The standard InChI is InChI=1S/C20H25N5O2.C19H23N5O2/c1-6-14-10-18(20(3,4)26)24-19(22-14)23-15-7-8-16(17(9-15)27-5)25-11-13(2)21-12-25;1-12-8-17(19(3,4)25)23-18(21-12)22-14-6-7-15(16(9-14)26-5)24-10-13(2)20-11-24/h7-12,26H,6H2,1-5H3,(H,22,23,24);6-11,25H,1-5H3,(H,21,22,23). The number of rotatable bonds is 11. The Morgan fingerprint density at radius 1 is 0.623 bits per heavy atom. The number of nitrogens with zero attached hydrogens (tertiary/aromatic N) is 8. The minimum atomic E-state index is -1.04. The number of nitrogens with one attached hydrogen (secondary N) is 2. The van der Waals surface area contributed by atoms with Gasteiger partial charge in [-0.05, 0) is 91.3 Å². The van der Waals surface area contributed by atoms with E-state index in [9.17, 15) is 10.2 Å². The van der Waals surface area contributed by atoms with Crippen molar-refractivity contribution in [2.24, 2.45) is 0 Å². The van der Waals surface area contributed by atoms with Crippen LogP contribution < -0.4 is 20.1 Å². The maximum absolute atomic E-state index is 10.3. The lowest BCUT2D eigenvalue weighted by atomic mass is 10.0. The molecule has 14 heteroatoms. The first-order valence-corrected chi connectivity index (χ1v) is 17.2. The first-order valence-electron chi connectivity index (χ1n) is 17.2. The molecule has 0 saturated heterocycles. The van der Waals surface area contributed by atoms with E-state index >= 15 is 0 Å². The summed E-state index contributed by atoms with van der Waals surface area (Å²) >= 11 is 0. The zero-order valence-electron chi connectivity index (χ0n) is 31.9. The van der Waals surface area contributed by atoms with Crippen molar-refractivity contribution in [3.63, 3.8) is 0 Å². The van der Waals surface area contributed by atoms with Crippen molar-refractivity contribution in [1.29, 1.82) is 0 Å².